The Morgan fingerprint density at radius 3 is 2.74 bits per heavy atom. The fraction of sp³-hybridized carbons (Fsp3) is 0.429. The van der Waals surface area contributed by atoms with Crippen molar-refractivity contribution in [1.29, 1.82) is 0 Å². The standard InChI is InChI=1S/C21H26FN7O7S2/c1-29(2,12(6-30)16(23)31)5-3-4-10-7-37-19-14(18(33)28(19)15(10)20(34)35)26-17(32)13(27-36-9-22)11-8-38-21(24)25-11/h3-4,8,12,14,19,30H,5-7,9H2,1-2H3,(H5-,23,24,25,26,31,32,34,35)/b4-3+,27-13-/t12-,14-,19-/m1/s1. The lowest BCUT2D eigenvalue weighted by molar-refractivity contribution is -0.900. The predicted octanol–water partition coefficient (Wildman–Crippen LogP) is -2.74. The average molecular weight is 572 g/mol. The molecule has 1 aromatic rings. The second-order valence-corrected chi connectivity index (χ2v) is 10.7. The van der Waals surface area contributed by atoms with Crippen LogP contribution in [0.1, 0.15) is 5.69 Å². The number of thiazole rings is 1. The molecule has 3 amide bonds. The first-order chi connectivity index (χ1) is 17.9. The van der Waals surface area contributed by atoms with Crippen LogP contribution in [-0.2, 0) is 24.0 Å². The number of aliphatic hydroxyl groups excluding tert-OH is 1. The third-order valence-electron chi connectivity index (χ3n) is 5.90. The summed E-state index contributed by atoms with van der Waals surface area (Å²) in [5.41, 5.74) is 10.5. The fourth-order valence-electron chi connectivity index (χ4n) is 3.91. The zero-order valence-electron chi connectivity index (χ0n) is 20.3. The van der Waals surface area contributed by atoms with Crippen LogP contribution in [0.3, 0.4) is 0 Å². The molecule has 206 valence electrons. The Bertz CT molecular complexity index is 1220. The number of oxime groups is 1. The number of nitrogens with zero attached hydrogens (tertiary/aromatic N) is 4. The number of primary amides is 1. The number of anilines is 1. The van der Waals surface area contributed by atoms with Gasteiger partial charge in [0.25, 0.3) is 24.6 Å². The Morgan fingerprint density at radius 1 is 1.47 bits per heavy atom. The van der Waals surface area contributed by atoms with E-state index in [9.17, 15) is 33.8 Å². The number of quaternary nitrogens is 1. The molecule has 0 unspecified atom stereocenters. The maximum atomic E-state index is 12.9. The van der Waals surface area contributed by atoms with E-state index in [1.165, 1.54) is 23.2 Å². The highest BCUT2D eigenvalue weighted by Gasteiger charge is 2.53. The van der Waals surface area contributed by atoms with E-state index in [0.717, 1.165) is 16.2 Å². The van der Waals surface area contributed by atoms with Crippen molar-refractivity contribution >= 4 is 57.6 Å². The van der Waals surface area contributed by atoms with Gasteiger partial charge < -0.3 is 41.1 Å². The molecule has 1 fully saturated rings. The molecular formula is C21H26FN7O7S2. The number of hydrogen-bond donors (Lipinski definition) is 4. The topological polar surface area (TPSA) is 213 Å². The van der Waals surface area contributed by atoms with Crippen LogP contribution in [0.2, 0.25) is 0 Å². The number of likely N-dealkylation sites (N-methyl/N-ethyl adjacent to an activating group) is 1. The van der Waals surface area contributed by atoms with Gasteiger partial charge in [-0.2, -0.15) is 0 Å². The highest BCUT2D eigenvalue weighted by atomic mass is 32.2. The van der Waals surface area contributed by atoms with Crippen molar-refractivity contribution in [3.8, 4) is 0 Å². The average Bonchev–Trinajstić information content (AvgIpc) is 3.27. The van der Waals surface area contributed by atoms with Crippen LogP contribution >= 0.6 is 23.1 Å². The van der Waals surface area contributed by atoms with Gasteiger partial charge in [-0.3, -0.25) is 19.3 Å². The summed E-state index contributed by atoms with van der Waals surface area (Å²) in [5, 5.41) is 28.1. The SMILES string of the molecule is C[N+](C)(C/C=C/C1=C(C(=O)[O-])N2C(=O)[C@@H](NC(=O)/C(=N\OCF)c3csc(N)n3)[C@H]2SC1)[C@H](CO)C(N)=O. The van der Waals surface area contributed by atoms with E-state index in [0.29, 0.717) is 5.57 Å². The largest absolute Gasteiger partial charge is 0.543 e. The van der Waals surface area contributed by atoms with Crippen LogP contribution in [-0.4, -0.2) is 106 Å². The van der Waals surface area contributed by atoms with Crippen LogP contribution in [0.4, 0.5) is 9.52 Å². The summed E-state index contributed by atoms with van der Waals surface area (Å²) in [6.45, 7) is -1.54. The highest BCUT2D eigenvalue weighted by molar-refractivity contribution is 8.00. The lowest BCUT2D eigenvalue weighted by atomic mass is 10.0. The summed E-state index contributed by atoms with van der Waals surface area (Å²) in [6.07, 6.45) is 3.12. The van der Waals surface area contributed by atoms with Gasteiger partial charge in [-0.25, -0.2) is 9.37 Å². The summed E-state index contributed by atoms with van der Waals surface area (Å²) < 4.78 is 12.5. The molecule has 0 bridgehead atoms. The zero-order valence-corrected chi connectivity index (χ0v) is 22.0. The monoisotopic (exact) mass is 571 g/mol. The number of thioether (sulfide) groups is 1. The Morgan fingerprint density at radius 2 is 2.18 bits per heavy atom. The first-order valence-corrected chi connectivity index (χ1v) is 12.9. The molecule has 6 N–H and O–H groups in total. The number of aromatic nitrogens is 1. The number of hydrogen-bond acceptors (Lipinski definition) is 12. The molecule has 0 aromatic carbocycles. The number of fused-ring (bicyclic) bond motifs is 1. The summed E-state index contributed by atoms with van der Waals surface area (Å²) in [5.74, 6) is -3.68. The van der Waals surface area contributed by atoms with E-state index < -0.39 is 60.3 Å². The number of halogens is 1. The third-order valence-corrected chi connectivity index (χ3v) is 7.88. The molecule has 2 aliphatic rings. The maximum absolute atomic E-state index is 12.9. The van der Waals surface area contributed by atoms with Gasteiger partial charge in [0.1, 0.15) is 23.7 Å². The molecule has 1 saturated heterocycles. The normalized spacial score (nSPS) is 20.7. The Balaban J connectivity index is 1.77. The number of nitrogens with two attached hydrogens (primary N) is 2. The second-order valence-electron chi connectivity index (χ2n) is 8.74. The molecule has 3 atom stereocenters. The molecule has 14 nitrogen and oxygen atoms in total. The quantitative estimate of drug-likeness (QED) is 0.0879. The van der Waals surface area contributed by atoms with Gasteiger partial charge in [-0.05, 0) is 11.6 Å². The fourth-order valence-corrected chi connectivity index (χ4v) is 5.78. The van der Waals surface area contributed by atoms with Crippen molar-refractivity contribution < 1.29 is 43.1 Å². The lowest BCUT2D eigenvalue weighted by Crippen LogP contribution is -2.71. The predicted molar refractivity (Wildman–Crippen MR) is 133 cm³/mol. The van der Waals surface area contributed by atoms with E-state index in [2.05, 4.69) is 20.3 Å². The summed E-state index contributed by atoms with van der Waals surface area (Å²) in [6, 6.07) is -1.97. The highest BCUT2D eigenvalue weighted by Crippen LogP contribution is 2.40. The van der Waals surface area contributed by atoms with Crippen molar-refractivity contribution in [1.82, 2.24) is 15.2 Å². The Labute approximate surface area is 224 Å². The molecule has 0 aliphatic carbocycles. The van der Waals surface area contributed by atoms with E-state index in [-0.39, 0.29) is 33.3 Å². The zero-order chi connectivity index (χ0) is 28.2. The molecule has 3 heterocycles. The van der Waals surface area contributed by atoms with E-state index in [1.807, 2.05) is 0 Å². The van der Waals surface area contributed by atoms with Crippen LogP contribution in [0.15, 0.2) is 34.0 Å². The smallest absolute Gasteiger partial charge is 0.278 e. The van der Waals surface area contributed by atoms with Crippen molar-refractivity contribution in [3.63, 3.8) is 0 Å². The molecule has 0 spiro atoms. The van der Waals surface area contributed by atoms with Gasteiger partial charge in [0.15, 0.2) is 16.9 Å². The van der Waals surface area contributed by atoms with Crippen LogP contribution in [0, 0.1) is 0 Å². The van der Waals surface area contributed by atoms with Crippen molar-refractivity contribution in [2.45, 2.75) is 17.5 Å². The van der Waals surface area contributed by atoms with Crippen LogP contribution < -0.4 is 21.9 Å². The number of β-lactam (4-membered cyclic amide) rings is 1. The van der Waals surface area contributed by atoms with Gasteiger partial charge >= 0.3 is 0 Å². The minimum Gasteiger partial charge on any atom is -0.543 e. The van der Waals surface area contributed by atoms with E-state index in [1.54, 1.807) is 20.2 Å². The molecule has 38 heavy (non-hydrogen) atoms. The summed E-state index contributed by atoms with van der Waals surface area (Å²) in [7, 11) is 3.36. The van der Waals surface area contributed by atoms with Crippen molar-refractivity contribution in [2.75, 3.05) is 45.6 Å². The molecule has 0 saturated carbocycles. The summed E-state index contributed by atoms with van der Waals surface area (Å²) >= 11 is 2.22. The number of aliphatic carboxylic acids is 1. The number of carbonyl (C=O) groups is 4. The summed E-state index contributed by atoms with van der Waals surface area (Å²) in [4.78, 5) is 58.6. The number of amides is 3. The second kappa shape index (κ2) is 11.9. The van der Waals surface area contributed by atoms with Gasteiger partial charge in [-0.1, -0.05) is 11.2 Å². The molecule has 17 heteroatoms. The number of carbonyl (C=O) groups excluding carboxylic acids is 4. The minimum absolute atomic E-state index is 0.0159. The first-order valence-electron chi connectivity index (χ1n) is 11.0. The lowest BCUT2D eigenvalue weighted by Gasteiger charge is -2.50. The minimum atomic E-state index is -1.58. The van der Waals surface area contributed by atoms with Gasteiger partial charge in [0, 0.05) is 11.1 Å². The molecular weight excluding hydrogens is 545 g/mol. The number of carboxylic acid groups (broad SMARTS) is 1. The van der Waals surface area contributed by atoms with Gasteiger partial charge in [-0.15, -0.1) is 23.1 Å². The van der Waals surface area contributed by atoms with Gasteiger partial charge in [0.05, 0.1) is 32.3 Å². The maximum Gasteiger partial charge on any atom is 0.278 e. The number of rotatable bonds is 12. The number of allylic oxidation sites excluding steroid dienone is 1. The van der Waals surface area contributed by atoms with Crippen LogP contribution in [0.5, 0.6) is 0 Å². The molecule has 3 rings (SSSR count). The molecule has 2 aliphatic heterocycles. The van der Waals surface area contributed by atoms with Crippen molar-refractivity contribution in [2.24, 2.45) is 10.9 Å². The van der Waals surface area contributed by atoms with Crippen molar-refractivity contribution in [3.05, 3.63) is 34.5 Å². The number of nitrogen functional groups attached to an aromatic ring is 1. The Hall–Kier alpha value is -3.54. The number of aliphatic hydroxyl groups is 1. The first kappa shape index (κ1) is 29.0. The number of carboxylic acids is 1. The van der Waals surface area contributed by atoms with E-state index in [4.69, 9.17) is 11.5 Å². The van der Waals surface area contributed by atoms with E-state index >= 15 is 0 Å². The van der Waals surface area contributed by atoms with Gasteiger partial charge in [0.2, 0.25) is 0 Å². The third kappa shape index (κ3) is 5.95. The number of alkyl halides is 1. The molecule has 1 aromatic heterocycles. The molecule has 0 radical (unpaired) electrons. The van der Waals surface area contributed by atoms with Crippen LogP contribution in [0.25, 0.3) is 0 Å². The number of nitrogens with one attached hydrogen (secondary N) is 1. The Kier molecular flexibility index (Phi) is 9.08.